The second-order valence-electron chi connectivity index (χ2n) is 8.31. The van der Waals surface area contributed by atoms with E-state index in [-0.39, 0.29) is 18.0 Å². The van der Waals surface area contributed by atoms with E-state index in [1.807, 2.05) is 24.4 Å². The number of ether oxygens (including phenoxy) is 1. The molecule has 5 rings (SSSR count). The first-order valence-electron chi connectivity index (χ1n) is 9.88. The fourth-order valence-corrected chi connectivity index (χ4v) is 5.15. The topological polar surface area (TPSA) is 61.5 Å². The lowest BCUT2D eigenvalue weighted by molar-refractivity contribution is -0.139. The van der Waals surface area contributed by atoms with E-state index in [0.29, 0.717) is 18.9 Å². The van der Waals surface area contributed by atoms with Gasteiger partial charge in [0.25, 0.3) is 0 Å². The first-order valence-corrected chi connectivity index (χ1v) is 9.88. The number of likely N-dealkylation sites (tertiary alicyclic amines) is 1. The molecule has 0 aliphatic carbocycles. The summed E-state index contributed by atoms with van der Waals surface area (Å²) in [5.74, 6) is 0.663. The fraction of sp³-hybridized carbons (Fsp3) is 0.524. The van der Waals surface area contributed by atoms with E-state index in [2.05, 4.69) is 46.0 Å². The molecule has 3 aliphatic rings. The molecule has 3 saturated heterocycles. The van der Waals surface area contributed by atoms with Crippen molar-refractivity contribution in [3.63, 3.8) is 0 Å². The third-order valence-electron chi connectivity index (χ3n) is 6.52. The smallest absolute Gasteiger partial charge is 0.226 e. The average Bonchev–Trinajstić information content (AvgIpc) is 3.40. The molecule has 1 aromatic carbocycles. The van der Waals surface area contributed by atoms with Crippen LogP contribution in [0.4, 0.5) is 0 Å². The largest absolute Gasteiger partial charge is 0.352 e. The van der Waals surface area contributed by atoms with Crippen molar-refractivity contribution in [1.29, 1.82) is 0 Å². The first kappa shape index (κ1) is 17.0. The number of amides is 1. The number of carbonyl (C=O) groups is 1. The van der Waals surface area contributed by atoms with Crippen LogP contribution >= 0.6 is 0 Å². The Balaban J connectivity index is 1.41. The highest BCUT2D eigenvalue weighted by molar-refractivity contribution is 5.82. The fourth-order valence-electron chi connectivity index (χ4n) is 5.15. The lowest BCUT2D eigenvalue weighted by atomic mass is 10.0. The number of aromatic nitrogens is 2. The molecule has 1 N–H and O–H groups in total. The zero-order chi connectivity index (χ0) is 18.6. The molecule has 27 heavy (non-hydrogen) atoms. The number of benzene rings is 1. The zero-order valence-electron chi connectivity index (χ0n) is 15.9. The Morgan fingerprint density at radius 3 is 2.93 bits per heavy atom. The molecule has 4 heterocycles. The number of hydrogen-bond donors (Lipinski definition) is 1. The molecular weight excluding hydrogens is 340 g/mol. The SMILES string of the molecule is CC(C)[C@@H]1CO[C@@]23CCN(Cc4cn[nH]c4-c4ccccc4)[C@@H]2CC(=O)N13. The summed E-state index contributed by atoms with van der Waals surface area (Å²) in [4.78, 5) is 17.3. The number of H-pyrrole nitrogens is 1. The van der Waals surface area contributed by atoms with Gasteiger partial charge in [0.1, 0.15) is 0 Å². The molecule has 3 aliphatic heterocycles. The van der Waals surface area contributed by atoms with Crippen LogP contribution in [0, 0.1) is 5.92 Å². The van der Waals surface area contributed by atoms with Gasteiger partial charge in [-0.2, -0.15) is 5.10 Å². The highest BCUT2D eigenvalue weighted by Gasteiger charge is 2.64. The Morgan fingerprint density at radius 2 is 2.15 bits per heavy atom. The van der Waals surface area contributed by atoms with Crippen molar-refractivity contribution in [2.24, 2.45) is 5.92 Å². The minimum absolute atomic E-state index is 0.132. The molecule has 0 unspecified atom stereocenters. The van der Waals surface area contributed by atoms with Gasteiger partial charge in [-0.3, -0.25) is 14.8 Å². The standard InChI is InChI=1S/C21H26N4O2/c1-14(2)17-13-27-21-8-9-24(18(21)10-19(26)25(17)21)12-16-11-22-23-20(16)15-6-4-3-5-7-15/h3-7,11,14,17-18H,8-10,12-13H2,1-2H3,(H,22,23)/t17-,18+,21-/m0/s1. The lowest BCUT2D eigenvalue weighted by Crippen LogP contribution is -2.50. The molecule has 6 heteroatoms. The predicted octanol–water partition coefficient (Wildman–Crippen LogP) is 2.63. The normalized spacial score (nSPS) is 30.3. The van der Waals surface area contributed by atoms with E-state index in [9.17, 15) is 4.79 Å². The summed E-state index contributed by atoms with van der Waals surface area (Å²) in [5.41, 5.74) is 2.95. The molecule has 1 spiro atoms. The van der Waals surface area contributed by atoms with Crippen LogP contribution in [0.25, 0.3) is 11.3 Å². The van der Waals surface area contributed by atoms with Gasteiger partial charge in [0.2, 0.25) is 5.91 Å². The molecule has 6 nitrogen and oxygen atoms in total. The number of rotatable bonds is 4. The number of nitrogens with zero attached hydrogens (tertiary/aromatic N) is 3. The Labute approximate surface area is 159 Å². The van der Waals surface area contributed by atoms with Crippen LogP contribution in [-0.4, -0.2) is 56.9 Å². The summed E-state index contributed by atoms with van der Waals surface area (Å²) >= 11 is 0. The first-order chi connectivity index (χ1) is 13.1. The molecule has 1 amide bonds. The Morgan fingerprint density at radius 1 is 1.33 bits per heavy atom. The molecule has 3 atom stereocenters. The summed E-state index contributed by atoms with van der Waals surface area (Å²) in [6.07, 6.45) is 3.36. The number of hydrogen-bond acceptors (Lipinski definition) is 4. The molecule has 0 saturated carbocycles. The van der Waals surface area contributed by atoms with Crippen molar-refractivity contribution in [2.45, 2.75) is 51.0 Å². The highest BCUT2D eigenvalue weighted by atomic mass is 16.5. The summed E-state index contributed by atoms with van der Waals surface area (Å²) in [6, 6.07) is 10.6. The van der Waals surface area contributed by atoms with E-state index in [0.717, 1.165) is 30.8 Å². The van der Waals surface area contributed by atoms with Crippen molar-refractivity contribution in [2.75, 3.05) is 13.2 Å². The third-order valence-corrected chi connectivity index (χ3v) is 6.52. The molecule has 142 valence electrons. The van der Waals surface area contributed by atoms with Crippen LogP contribution in [0.15, 0.2) is 36.5 Å². The summed E-state index contributed by atoms with van der Waals surface area (Å²) in [7, 11) is 0. The Bertz CT molecular complexity index is 849. The molecule has 0 bridgehead atoms. The van der Waals surface area contributed by atoms with Gasteiger partial charge in [0.15, 0.2) is 5.72 Å². The number of aromatic amines is 1. The van der Waals surface area contributed by atoms with E-state index < -0.39 is 5.72 Å². The van der Waals surface area contributed by atoms with Gasteiger partial charge in [0.05, 0.1) is 30.6 Å². The van der Waals surface area contributed by atoms with E-state index in [1.165, 1.54) is 5.56 Å². The number of carbonyl (C=O) groups excluding carboxylic acids is 1. The van der Waals surface area contributed by atoms with Crippen molar-refractivity contribution >= 4 is 5.91 Å². The van der Waals surface area contributed by atoms with Gasteiger partial charge in [-0.1, -0.05) is 44.2 Å². The van der Waals surface area contributed by atoms with Crippen LogP contribution in [-0.2, 0) is 16.1 Å². The van der Waals surface area contributed by atoms with Crippen molar-refractivity contribution in [3.05, 3.63) is 42.1 Å². The monoisotopic (exact) mass is 366 g/mol. The maximum absolute atomic E-state index is 12.8. The minimum atomic E-state index is -0.414. The van der Waals surface area contributed by atoms with Crippen LogP contribution in [0.5, 0.6) is 0 Å². The quantitative estimate of drug-likeness (QED) is 0.904. The summed E-state index contributed by atoms with van der Waals surface area (Å²) < 4.78 is 6.34. The Kier molecular flexibility index (Phi) is 3.88. The van der Waals surface area contributed by atoms with Gasteiger partial charge < -0.3 is 9.64 Å². The van der Waals surface area contributed by atoms with Gasteiger partial charge >= 0.3 is 0 Å². The van der Waals surface area contributed by atoms with Crippen molar-refractivity contribution in [3.8, 4) is 11.3 Å². The van der Waals surface area contributed by atoms with Gasteiger partial charge in [-0.15, -0.1) is 0 Å². The molecule has 0 radical (unpaired) electrons. The average molecular weight is 366 g/mol. The maximum Gasteiger partial charge on any atom is 0.226 e. The van der Waals surface area contributed by atoms with Crippen LogP contribution in [0.1, 0.15) is 32.3 Å². The van der Waals surface area contributed by atoms with Gasteiger partial charge in [-0.25, -0.2) is 0 Å². The predicted molar refractivity (Wildman–Crippen MR) is 102 cm³/mol. The van der Waals surface area contributed by atoms with Crippen molar-refractivity contribution < 1.29 is 9.53 Å². The Hall–Kier alpha value is -2.18. The zero-order valence-corrected chi connectivity index (χ0v) is 15.9. The van der Waals surface area contributed by atoms with Crippen LogP contribution in [0.2, 0.25) is 0 Å². The molecule has 3 fully saturated rings. The highest BCUT2D eigenvalue weighted by Crippen LogP contribution is 2.49. The van der Waals surface area contributed by atoms with E-state index in [1.54, 1.807) is 0 Å². The van der Waals surface area contributed by atoms with E-state index in [4.69, 9.17) is 4.74 Å². The molecule has 1 aromatic heterocycles. The minimum Gasteiger partial charge on any atom is -0.352 e. The second kappa shape index (κ2) is 6.17. The van der Waals surface area contributed by atoms with Crippen LogP contribution in [0.3, 0.4) is 0 Å². The second-order valence-corrected chi connectivity index (χ2v) is 8.31. The molecular formula is C21H26N4O2. The van der Waals surface area contributed by atoms with Crippen LogP contribution < -0.4 is 0 Å². The summed E-state index contributed by atoms with van der Waals surface area (Å²) in [5, 5.41) is 7.43. The van der Waals surface area contributed by atoms with Gasteiger partial charge in [-0.05, 0) is 11.5 Å². The molecule has 2 aromatic rings. The number of nitrogens with one attached hydrogen (secondary N) is 1. The summed E-state index contributed by atoms with van der Waals surface area (Å²) in [6.45, 7) is 6.74. The third kappa shape index (κ3) is 2.47. The van der Waals surface area contributed by atoms with E-state index >= 15 is 0 Å². The van der Waals surface area contributed by atoms with Crippen molar-refractivity contribution in [1.82, 2.24) is 20.0 Å². The van der Waals surface area contributed by atoms with Gasteiger partial charge in [0, 0.05) is 31.5 Å². The lowest BCUT2D eigenvalue weighted by Gasteiger charge is -2.34. The maximum atomic E-state index is 12.8.